The predicted octanol–water partition coefficient (Wildman–Crippen LogP) is 3.48. The highest BCUT2D eigenvalue weighted by Crippen LogP contribution is 2.23. The number of sulfonamides is 1. The van der Waals surface area contributed by atoms with Crippen LogP contribution in [0, 0.1) is 6.92 Å². The van der Waals surface area contributed by atoms with E-state index in [4.69, 9.17) is 0 Å². The van der Waals surface area contributed by atoms with Gasteiger partial charge in [-0.2, -0.15) is 0 Å². The van der Waals surface area contributed by atoms with E-state index >= 15 is 0 Å². The van der Waals surface area contributed by atoms with Gasteiger partial charge in [-0.1, -0.05) is 17.7 Å². The zero-order valence-electron chi connectivity index (χ0n) is 17.2. The summed E-state index contributed by atoms with van der Waals surface area (Å²) in [6, 6.07) is 18.6. The van der Waals surface area contributed by atoms with Crippen molar-refractivity contribution in [3.05, 3.63) is 83.9 Å². The van der Waals surface area contributed by atoms with Crippen LogP contribution in [0.1, 0.15) is 15.9 Å². The Labute approximate surface area is 182 Å². The lowest BCUT2D eigenvalue weighted by atomic mass is 10.2. The lowest BCUT2D eigenvalue weighted by molar-refractivity contribution is 0.102. The molecule has 0 aromatic heterocycles. The van der Waals surface area contributed by atoms with Crippen LogP contribution in [-0.2, 0) is 19.9 Å². The molecule has 3 rings (SSSR count). The van der Waals surface area contributed by atoms with Gasteiger partial charge in [0.1, 0.15) is 0 Å². The molecule has 0 aliphatic heterocycles. The zero-order valence-corrected chi connectivity index (χ0v) is 18.9. The number of benzene rings is 3. The number of amides is 1. The first-order valence-electron chi connectivity index (χ1n) is 9.25. The Kier molecular flexibility index (Phi) is 6.19. The average molecular weight is 459 g/mol. The fourth-order valence-electron chi connectivity index (χ4n) is 2.82. The highest BCUT2D eigenvalue weighted by atomic mass is 32.2. The van der Waals surface area contributed by atoms with E-state index in [2.05, 4.69) is 5.32 Å². The highest BCUT2D eigenvalue weighted by Gasteiger charge is 2.21. The van der Waals surface area contributed by atoms with E-state index in [0.717, 1.165) is 16.1 Å². The Morgan fingerprint density at radius 1 is 0.774 bits per heavy atom. The number of nitrogens with zero attached hydrogens (tertiary/aromatic N) is 1. The van der Waals surface area contributed by atoms with Gasteiger partial charge in [0.15, 0.2) is 9.84 Å². The summed E-state index contributed by atoms with van der Waals surface area (Å²) in [4.78, 5) is 12.8. The Morgan fingerprint density at radius 3 is 1.81 bits per heavy atom. The third-order valence-electron chi connectivity index (χ3n) is 4.71. The van der Waals surface area contributed by atoms with Crippen molar-refractivity contribution in [3.63, 3.8) is 0 Å². The molecule has 0 fully saturated rings. The molecular formula is C22H22N2O5S2. The number of sulfone groups is 1. The molecule has 1 amide bonds. The van der Waals surface area contributed by atoms with Crippen LogP contribution in [-0.4, -0.2) is 36.0 Å². The smallest absolute Gasteiger partial charge is 0.264 e. The van der Waals surface area contributed by atoms with E-state index in [9.17, 15) is 21.6 Å². The number of carbonyl (C=O) groups is 1. The number of nitrogens with one attached hydrogen (secondary N) is 1. The van der Waals surface area contributed by atoms with Crippen LogP contribution >= 0.6 is 0 Å². The topological polar surface area (TPSA) is 101 Å². The molecule has 7 nitrogen and oxygen atoms in total. The minimum absolute atomic E-state index is 0.160. The van der Waals surface area contributed by atoms with Crippen molar-refractivity contribution in [2.45, 2.75) is 16.7 Å². The maximum atomic E-state index is 12.8. The van der Waals surface area contributed by atoms with Crippen molar-refractivity contribution in [2.24, 2.45) is 0 Å². The normalized spacial score (nSPS) is 11.7. The van der Waals surface area contributed by atoms with Crippen LogP contribution in [0.3, 0.4) is 0 Å². The standard InChI is InChI=1S/C22H22N2O5S2/c1-16-4-12-21(13-5-16)31(28,29)24(2)19-10-6-17(7-11-19)22(25)23-18-8-14-20(15-9-18)30(3,26)27/h4-15H,1-3H3,(H,23,25). The van der Waals surface area contributed by atoms with E-state index in [0.29, 0.717) is 16.9 Å². The number of hydrogen-bond donors (Lipinski definition) is 1. The maximum absolute atomic E-state index is 12.8. The molecule has 9 heteroatoms. The first-order chi connectivity index (χ1) is 14.5. The molecule has 0 atom stereocenters. The van der Waals surface area contributed by atoms with Gasteiger partial charge in [0.05, 0.1) is 15.5 Å². The van der Waals surface area contributed by atoms with Crippen LogP contribution in [0.2, 0.25) is 0 Å². The van der Waals surface area contributed by atoms with E-state index in [-0.39, 0.29) is 9.79 Å². The summed E-state index contributed by atoms with van der Waals surface area (Å²) in [6.07, 6.45) is 1.11. The minimum atomic E-state index is -3.72. The molecule has 3 aromatic rings. The van der Waals surface area contributed by atoms with Crippen molar-refractivity contribution in [1.82, 2.24) is 0 Å². The molecule has 0 radical (unpaired) electrons. The molecule has 0 spiro atoms. The van der Waals surface area contributed by atoms with Crippen molar-refractivity contribution in [2.75, 3.05) is 22.9 Å². The molecule has 0 aliphatic carbocycles. The number of rotatable bonds is 6. The van der Waals surface area contributed by atoms with Crippen molar-refractivity contribution >= 4 is 37.1 Å². The number of hydrogen-bond acceptors (Lipinski definition) is 5. The molecule has 0 saturated carbocycles. The highest BCUT2D eigenvalue weighted by molar-refractivity contribution is 7.92. The fourth-order valence-corrected chi connectivity index (χ4v) is 4.64. The summed E-state index contributed by atoms with van der Waals surface area (Å²) < 4.78 is 49.8. The van der Waals surface area contributed by atoms with Crippen LogP contribution in [0.15, 0.2) is 82.6 Å². The van der Waals surface area contributed by atoms with Gasteiger partial charge in [-0.25, -0.2) is 16.8 Å². The van der Waals surface area contributed by atoms with E-state index in [1.807, 2.05) is 6.92 Å². The monoisotopic (exact) mass is 458 g/mol. The summed E-state index contributed by atoms with van der Waals surface area (Å²) in [5.41, 5.74) is 2.15. The summed E-state index contributed by atoms with van der Waals surface area (Å²) in [7, 11) is -5.58. The third kappa shape index (κ3) is 5.12. The van der Waals surface area contributed by atoms with Crippen LogP contribution in [0.5, 0.6) is 0 Å². The summed E-state index contributed by atoms with van der Waals surface area (Å²) in [5, 5.41) is 2.68. The largest absolute Gasteiger partial charge is 0.322 e. The second-order valence-electron chi connectivity index (χ2n) is 7.08. The molecule has 1 N–H and O–H groups in total. The second-order valence-corrected chi connectivity index (χ2v) is 11.1. The zero-order chi connectivity index (χ0) is 22.8. The molecule has 0 bridgehead atoms. The lowest BCUT2D eigenvalue weighted by Crippen LogP contribution is -2.26. The van der Waals surface area contributed by atoms with Gasteiger partial charge in [-0.3, -0.25) is 9.10 Å². The van der Waals surface area contributed by atoms with E-state index < -0.39 is 25.8 Å². The Balaban J connectivity index is 1.74. The van der Waals surface area contributed by atoms with Gasteiger partial charge < -0.3 is 5.32 Å². The van der Waals surface area contributed by atoms with Crippen molar-refractivity contribution in [1.29, 1.82) is 0 Å². The maximum Gasteiger partial charge on any atom is 0.264 e. The lowest BCUT2D eigenvalue weighted by Gasteiger charge is -2.20. The van der Waals surface area contributed by atoms with Crippen LogP contribution in [0.25, 0.3) is 0 Å². The molecule has 0 saturated heterocycles. The fraction of sp³-hybridized carbons (Fsp3) is 0.136. The van der Waals surface area contributed by atoms with Gasteiger partial charge in [0, 0.05) is 24.6 Å². The van der Waals surface area contributed by atoms with Crippen LogP contribution in [0.4, 0.5) is 11.4 Å². The minimum Gasteiger partial charge on any atom is -0.322 e. The van der Waals surface area contributed by atoms with E-state index in [1.165, 1.54) is 43.4 Å². The van der Waals surface area contributed by atoms with Gasteiger partial charge in [0.2, 0.25) is 0 Å². The van der Waals surface area contributed by atoms with Crippen molar-refractivity contribution < 1.29 is 21.6 Å². The Hall–Kier alpha value is -3.17. The molecule has 162 valence electrons. The SMILES string of the molecule is Cc1ccc(S(=O)(=O)N(C)c2ccc(C(=O)Nc3ccc(S(C)(=O)=O)cc3)cc2)cc1. The molecule has 0 unspecified atom stereocenters. The molecule has 3 aromatic carbocycles. The third-order valence-corrected chi connectivity index (χ3v) is 7.64. The summed E-state index contributed by atoms with van der Waals surface area (Å²) in [6.45, 7) is 1.88. The average Bonchev–Trinajstić information content (AvgIpc) is 2.73. The molecule has 0 heterocycles. The number of anilines is 2. The molecule has 31 heavy (non-hydrogen) atoms. The second kappa shape index (κ2) is 8.52. The molecule has 0 aliphatic rings. The van der Waals surface area contributed by atoms with Crippen LogP contribution < -0.4 is 9.62 Å². The Bertz CT molecular complexity index is 1300. The van der Waals surface area contributed by atoms with Crippen molar-refractivity contribution in [3.8, 4) is 0 Å². The molecular weight excluding hydrogens is 436 g/mol. The first kappa shape index (κ1) is 22.5. The van der Waals surface area contributed by atoms with E-state index in [1.54, 1.807) is 36.4 Å². The number of carbonyl (C=O) groups excluding carboxylic acids is 1. The van der Waals surface area contributed by atoms with Gasteiger partial charge in [0.25, 0.3) is 15.9 Å². The van der Waals surface area contributed by atoms with Gasteiger partial charge in [-0.15, -0.1) is 0 Å². The van der Waals surface area contributed by atoms with Gasteiger partial charge >= 0.3 is 0 Å². The summed E-state index contributed by atoms with van der Waals surface area (Å²) >= 11 is 0. The van der Waals surface area contributed by atoms with Gasteiger partial charge in [-0.05, 0) is 67.6 Å². The Morgan fingerprint density at radius 2 is 1.29 bits per heavy atom. The summed E-state index contributed by atoms with van der Waals surface area (Å²) in [5.74, 6) is -0.400. The number of aryl methyl sites for hydroxylation is 1. The first-order valence-corrected chi connectivity index (χ1v) is 12.6. The quantitative estimate of drug-likeness (QED) is 0.610. The predicted molar refractivity (Wildman–Crippen MR) is 121 cm³/mol.